The molecule has 6 heteroatoms. The lowest BCUT2D eigenvalue weighted by atomic mass is 10.1. The first-order chi connectivity index (χ1) is 31.0. The van der Waals surface area contributed by atoms with Crippen LogP contribution >= 0.6 is 0 Å². The summed E-state index contributed by atoms with van der Waals surface area (Å²) in [5, 5.41) is 0. The van der Waals surface area contributed by atoms with Crippen molar-refractivity contribution in [2.24, 2.45) is 0 Å². The number of allylic oxidation sites excluding steroid dienone is 6. The van der Waals surface area contributed by atoms with Crippen LogP contribution in [0.15, 0.2) is 36.5 Å². The molecule has 0 saturated carbocycles. The Labute approximate surface area is 391 Å². The van der Waals surface area contributed by atoms with E-state index < -0.39 is 6.10 Å². The van der Waals surface area contributed by atoms with Gasteiger partial charge in [-0.25, -0.2) is 0 Å². The van der Waals surface area contributed by atoms with Crippen LogP contribution in [0.3, 0.4) is 0 Å². The lowest BCUT2D eigenvalue weighted by Crippen LogP contribution is -2.30. The molecular formula is C57H104O6. The van der Waals surface area contributed by atoms with E-state index in [0.717, 1.165) is 77.0 Å². The van der Waals surface area contributed by atoms with E-state index in [9.17, 15) is 14.4 Å². The Hall–Kier alpha value is -2.37. The summed E-state index contributed by atoms with van der Waals surface area (Å²) >= 11 is 0. The van der Waals surface area contributed by atoms with Gasteiger partial charge in [0.2, 0.25) is 0 Å². The van der Waals surface area contributed by atoms with Crippen molar-refractivity contribution in [3.05, 3.63) is 36.5 Å². The van der Waals surface area contributed by atoms with Crippen molar-refractivity contribution in [2.45, 2.75) is 297 Å². The fourth-order valence-corrected chi connectivity index (χ4v) is 7.90. The normalized spacial score (nSPS) is 12.2. The van der Waals surface area contributed by atoms with E-state index in [1.54, 1.807) is 0 Å². The molecular weight excluding hydrogens is 783 g/mol. The topological polar surface area (TPSA) is 78.9 Å². The predicted octanol–water partition coefficient (Wildman–Crippen LogP) is 18.1. The number of ether oxygens (including phenoxy) is 3. The molecule has 1 unspecified atom stereocenters. The molecule has 0 spiro atoms. The van der Waals surface area contributed by atoms with E-state index in [-0.39, 0.29) is 31.1 Å². The fraction of sp³-hybridized carbons (Fsp3) is 0.842. The van der Waals surface area contributed by atoms with Crippen LogP contribution < -0.4 is 0 Å². The number of hydrogen-bond donors (Lipinski definition) is 0. The molecule has 0 amide bonds. The Balaban J connectivity index is 4.39. The molecule has 0 radical (unpaired) electrons. The Bertz CT molecular complexity index is 1010. The molecule has 0 aromatic carbocycles. The molecule has 0 bridgehead atoms. The van der Waals surface area contributed by atoms with Crippen molar-refractivity contribution in [3.63, 3.8) is 0 Å². The van der Waals surface area contributed by atoms with Gasteiger partial charge in [-0.15, -0.1) is 0 Å². The molecule has 0 aliphatic carbocycles. The number of carbonyl (C=O) groups is 3. The van der Waals surface area contributed by atoms with Gasteiger partial charge in [0.15, 0.2) is 6.10 Å². The summed E-state index contributed by atoms with van der Waals surface area (Å²) in [5.74, 6) is -0.893. The second kappa shape index (κ2) is 52.3. The van der Waals surface area contributed by atoms with E-state index in [0.29, 0.717) is 19.3 Å². The number of esters is 3. The Morgan fingerprint density at radius 3 is 1.05 bits per heavy atom. The summed E-state index contributed by atoms with van der Waals surface area (Å²) < 4.78 is 16.8. The predicted molar refractivity (Wildman–Crippen MR) is 270 cm³/mol. The molecule has 1 atom stereocenters. The van der Waals surface area contributed by atoms with Crippen LogP contribution in [0.2, 0.25) is 0 Å². The summed E-state index contributed by atoms with van der Waals surface area (Å²) in [7, 11) is 0. The molecule has 63 heavy (non-hydrogen) atoms. The highest BCUT2D eigenvalue weighted by molar-refractivity contribution is 5.71. The average molecular weight is 887 g/mol. The second-order valence-corrected chi connectivity index (χ2v) is 18.5. The summed E-state index contributed by atoms with van der Waals surface area (Å²) in [6.07, 6.45) is 61.2. The third-order valence-corrected chi connectivity index (χ3v) is 12.1. The van der Waals surface area contributed by atoms with Crippen molar-refractivity contribution in [3.8, 4) is 0 Å². The SMILES string of the molecule is CCCCCCCC/C=C\CCCCCCCC(=O)OCC(CO[14C](=O)CCCCCCC/C=C\CCCCCCCC)OC(=O)CCCCCCC/C=C\CCCCCCCC. The van der Waals surface area contributed by atoms with Crippen LogP contribution in [0.5, 0.6) is 0 Å². The van der Waals surface area contributed by atoms with Crippen molar-refractivity contribution in [2.75, 3.05) is 13.2 Å². The third kappa shape index (κ3) is 50.5. The molecule has 6 nitrogen and oxygen atoms in total. The van der Waals surface area contributed by atoms with Gasteiger partial charge in [-0.1, -0.05) is 211 Å². The molecule has 0 aliphatic rings. The van der Waals surface area contributed by atoms with Crippen molar-refractivity contribution in [1.82, 2.24) is 0 Å². The molecule has 0 aromatic heterocycles. The maximum atomic E-state index is 12.8. The Kier molecular flexibility index (Phi) is 50.3. The van der Waals surface area contributed by atoms with Gasteiger partial charge in [0.1, 0.15) is 13.2 Å². The summed E-state index contributed by atoms with van der Waals surface area (Å²) in [5.41, 5.74) is 0. The van der Waals surface area contributed by atoms with Gasteiger partial charge in [-0.3, -0.25) is 14.4 Å². The first-order valence-electron chi connectivity index (χ1n) is 27.5. The minimum Gasteiger partial charge on any atom is -0.462 e. The van der Waals surface area contributed by atoms with Crippen LogP contribution in [-0.2, 0) is 28.6 Å². The summed E-state index contributed by atoms with van der Waals surface area (Å²) in [6, 6.07) is 0. The standard InChI is InChI=1S/C57H104O6/c1-4-7-10-13-16-19-22-25-28-31-34-37-40-43-46-49-55(58)61-52-54(63-57(60)51-48-45-42-39-36-33-30-27-24-21-18-15-12-9-6-3)53-62-56(59)50-47-44-41-38-35-32-29-26-23-20-17-14-11-8-5-2/h25-30,54H,4-24,31-53H2,1-3H3/b28-25-,29-26-,30-27-/i55+2. The highest BCUT2D eigenvalue weighted by Gasteiger charge is 2.19. The number of unbranched alkanes of at least 4 members (excludes halogenated alkanes) is 33. The van der Waals surface area contributed by atoms with Gasteiger partial charge in [0, 0.05) is 19.3 Å². The van der Waals surface area contributed by atoms with Gasteiger partial charge in [-0.2, -0.15) is 0 Å². The van der Waals surface area contributed by atoms with Crippen LogP contribution in [-0.4, -0.2) is 37.2 Å². The van der Waals surface area contributed by atoms with E-state index in [1.165, 1.54) is 173 Å². The number of rotatable bonds is 50. The molecule has 0 saturated heterocycles. The van der Waals surface area contributed by atoms with E-state index in [4.69, 9.17) is 14.2 Å². The number of hydrogen-bond acceptors (Lipinski definition) is 6. The third-order valence-electron chi connectivity index (χ3n) is 12.1. The van der Waals surface area contributed by atoms with Crippen molar-refractivity contribution in [1.29, 1.82) is 0 Å². The number of carbonyl (C=O) groups excluding carboxylic acids is 3. The van der Waals surface area contributed by atoms with Crippen LogP contribution in [0, 0.1) is 0 Å². The zero-order chi connectivity index (χ0) is 45.8. The minimum atomic E-state index is -0.781. The van der Waals surface area contributed by atoms with Gasteiger partial charge in [0.25, 0.3) is 0 Å². The largest absolute Gasteiger partial charge is 0.462 e. The first-order valence-corrected chi connectivity index (χ1v) is 27.5. The molecule has 0 heterocycles. The Morgan fingerprint density at radius 2 is 0.683 bits per heavy atom. The lowest BCUT2D eigenvalue weighted by Gasteiger charge is -2.18. The van der Waals surface area contributed by atoms with Gasteiger partial charge < -0.3 is 14.2 Å². The van der Waals surface area contributed by atoms with Crippen molar-refractivity contribution >= 4 is 17.9 Å². The minimum absolute atomic E-state index is 0.0806. The maximum Gasteiger partial charge on any atom is 0.306 e. The van der Waals surface area contributed by atoms with Gasteiger partial charge in [0.05, 0.1) is 0 Å². The van der Waals surface area contributed by atoms with Crippen molar-refractivity contribution < 1.29 is 28.6 Å². The molecule has 0 rings (SSSR count). The van der Waals surface area contributed by atoms with Crippen LogP contribution in [0.4, 0.5) is 0 Å². The Morgan fingerprint density at radius 1 is 0.381 bits per heavy atom. The zero-order valence-corrected chi connectivity index (χ0v) is 42.1. The van der Waals surface area contributed by atoms with Gasteiger partial charge in [-0.05, 0) is 96.3 Å². The average Bonchev–Trinajstić information content (AvgIpc) is 3.28. The quantitative estimate of drug-likeness (QED) is 0.0262. The van der Waals surface area contributed by atoms with Gasteiger partial charge >= 0.3 is 17.9 Å². The van der Waals surface area contributed by atoms with E-state index in [2.05, 4.69) is 57.2 Å². The van der Waals surface area contributed by atoms with E-state index in [1.807, 2.05) is 0 Å². The highest BCUT2D eigenvalue weighted by Crippen LogP contribution is 2.15. The highest BCUT2D eigenvalue weighted by atomic mass is 16.8. The molecule has 0 fully saturated rings. The smallest absolute Gasteiger partial charge is 0.306 e. The van der Waals surface area contributed by atoms with Crippen LogP contribution in [0.1, 0.15) is 290 Å². The second-order valence-electron chi connectivity index (χ2n) is 18.5. The van der Waals surface area contributed by atoms with Crippen LogP contribution in [0.25, 0.3) is 0 Å². The molecule has 368 valence electrons. The molecule has 0 aromatic rings. The maximum absolute atomic E-state index is 12.8. The summed E-state index contributed by atoms with van der Waals surface area (Å²) in [6.45, 7) is 6.63. The monoisotopic (exact) mass is 887 g/mol. The fourth-order valence-electron chi connectivity index (χ4n) is 7.90. The molecule has 0 N–H and O–H groups in total. The molecule has 0 aliphatic heterocycles. The lowest BCUT2D eigenvalue weighted by molar-refractivity contribution is -0.167. The summed E-state index contributed by atoms with van der Waals surface area (Å²) in [4.78, 5) is 38.0. The zero-order valence-electron chi connectivity index (χ0n) is 42.1. The van der Waals surface area contributed by atoms with E-state index >= 15 is 0 Å². The first kappa shape index (κ1) is 60.6.